The molecule has 1 aromatic heterocycles. The van der Waals surface area contributed by atoms with Crippen LogP contribution in [0.15, 0.2) is 18.2 Å². The summed E-state index contributed by atoms with van der Waals surface area (Å²) in [7, 11) is 0. The summed E-state index contributed by atoms with van der Waals surface area (Å²) in [6, 6.07) is 4.50. The van der Waals surface area contributed by atoms with Gasteiger partial charge in [0, 0.05) is 36.3 Å². The monoisotopic (exact) mass is 325 g/mol. The van der Waals surface area contributed by atoms with E-state index in [4.69, 9.17) is 5.73 Å². The van der Waals surface area contributed by atoms with Crippen LogP contribution in [-0.4, -0.2) is 44.2 Å². The lowest BCUT2D eigenvalue weighted by Crippen LogP contribution is -2.46. The summed E-state index contributed by atoms with van der Waals surface area (Å²) in [4.78, 5) is 4.49. The number of halogens is 2. The summed E-state index contributed by atoms with van der Waals surface area (Å²) >= 11 is 1.03. The van der Waals surface area contributed by atoms with Gasteiger partial charge in [0.1, 0.15) is 5.82 Å². The van der Waals surface area contributed by atoms with Crippen LogP contribution in [0.4, 0.5) is 14.5 Å². The zero-order valence-electron chi connectivity index (χ0n) is 12.5. The summed E-state index contributed by atoms with van der Waals surface area (Å²) in [6.45, 7) is 5.28. The molecule has 6 heteroatoms. The fourth-order valence-corrected chi connectivity index (χ4v) is 3.97. The van der Waals surface area contributed by atoms with E-state index >= 15 is 0 Å². The van der Waals surface area contributed by atoms with Crippen LogP contribution in [0, 0.1) is 10.9 Å². The maximum Gasteiger partial charge on any atom is 0.201 e. The molecule has 120 valence electrons. The molecular formula is C16H21F2N3S. The minimum atomic E-state index is -0.315. The third-order valence-electron chi connectivity index (χ3n) is 4.20. The average molecular weight is 325 g/mol. The van der Waals surface area contributed by atoms with Crippen LogP contribution in [0.5, 0.6) is 0 Å². The first-order valence-electron chi connectivity index (χ1n) is 7.74. The number of thiophene rings is 1. The van der Waals surface area contributed by atoms with Gasteiger partial charge in [-0.15, -0.1) is 11.3 Å². The van der Waals surface area contributed by atoms with Crippen LogP contribution in [0.1, 0.15) is 12.8 Å². The topological polar surface area (TPSA) is 32.5 Å². The number of nitrogens with zero attached hydrogens (tertiary/aromatic N) is 2. The van der Waals surface area contributed by atoms with Crippen LogP contribution < -0.4 is 10.6 Å². The van der Waals surface area contributed by atoms with Crippen molar-refractivity contribution in [2.75, 3.05) is 44.2 Å². The molecule has 0 bridgehead atoms. The van der Waals surface area contributed by atoms with E-state index < -0.39 is 0 Å². The molecule has 2 aromatic rings. The van der Waals surface area contributed by atoms with Crippen molar-refractivity contribution in [1.82, 2.24) is 4.90 Å². The Morgan fingerprint density at radius 1 is 1.09 bits per heavy atom. The normalized spacial score (nSPS) is 16.6. The largest absolute Gasteiger partial charge is 0.365 e. The lowest BCUT2D eigenvalue weighted by molar-refractivity contribution is 0.253. The number of hydrogen-bond acceptors (Lipinski definition) is 4. The van der Waals surface area contributed by atoms with E-state index in [9.17, 15) is 8.78 Å². The smallest absolute Gasteiger partial charge is 0.201 e. The zero-order valence-corrected chi connectivity index (χ0v) is 13.3. The van der Waals surface area contributed by atoms with Gasteiger partial charge < -0.3 is 10.6 Å². The molecule has 22 heavy (non-hydrogen) atoms. The van der Waals surface area contributed by atoms with Crippen LogP contribution in [0.25, 0.3) is 10.1 Å². The molecule has 0 amide bonds. The number of anilines is 1. The number of nitrogens with two attached hydrogens (primary N) is 1. The molecular weight excluding hydrogens is 304 g/mol. The molecule has 2 N–H and O–H groups in total. The first-order chi connectivity index (χ1) is 10.7. The highest BCUT2D eigenvalue weighted by Crippen LogP contribution is 2.37. The summed E-state index contributed by atoms with van der Waals surface area (Å²) in [5, 5.41) is 0.609. The summed E-state index contributed by atoms with van der Waals surface area (Å²) in [6.07, 6.45) is 2.17. The SMILES string of the molecule is NCCCCN1CCN(c2c(F)sc3cc(F)ccc23)CC1. The molecule has 2 heterocycles. The van der Waals surface area contributed by atoms with E-state index in [1.54, 1.807) is 6.07 Å². The Labute approximate surface area is 133 Å². The number of rotatable bonds is 5. The summed E-state index contributed by atoms with van der Waals surface area (Å²) in [5.41, 5.74) is 6.16. The van der Waals surface area contributed by atoms with Gasteiger partial charge in [-0.1, -0.05) is 0 Å². The molecule has 3 rings (SSSR count). The Hall–Kier alpha value is -1.24. The van der Waals surface area contributed by atoms with E-state index in [0.717, 1.165) is 68.8 Å². The van der Waals surface area contributed by atoms with E-state index in [1.807, 2.05) is 0 Å². The van der Waals surface area contributed by atoms with Gasteiger partial charge in [-0.3, -0.25) is 4.90 Å². The summed E-state index contributed by atoms with van der Waals surface area (Å²) < 4.78 is 28.2. The van der Waals surface area contributed by atoms with Crippen molar-refractivity contribution in [3.63, 3.8) is 0 Å². The van der Waals surface area contributed by atoms with Gasteiger partial charge in [-0.05, 0) is 44.1 Å². The molecule has 1 aromatic carbocycles. The second-order valence-corrected chi connectivity index (χ2v) is 6.69. The molecule has 0 atom stereocenters. The molecule has 1 aliphatic rings. The van der Waals surface area contributed by atoms with Crippen molar-refractivity contribution in [2.24, 2.45) is 5.73 Å². The average Bonchev–Trinajstić information content (AvgIpc) is 2.83. The summed E-state index contributed by atoms with van der Waals surface area (Å²) in [5.74, 6) is -0.315. The van der Waals surface area contributed by atoms with E-state index in [-0.39, 0.29) is 10.9 Å². The van der Waals surface area contributed by atoms with Crippen molar-refractivity contribution < 1.29 is 8.78 Å². The predicted octanol–water partition coefficient (Wildman–Crippen LogP) is 3.04. The van der Waals surface area contributed by atoms with Crippen LogP contribution in [0.3, 0.4) is 0 Å². The van der Waals surface area contributed by atoms with Crippen molar-refractivity contribution in [3.05, 3.63) is 29.1 Å². The van der Waals surface area contributed by atoms with Crippen LogP contribution >= 0.6 is 11.3 Å². The Bertz CT molecular complexity index is 636. The highest BCUT2D eigenvalue weighted by molar-refractivity contribution is 7.18. The van der Waals surface area contributed by atoms with Gasteiger partial charge >= 0.3 is 0 Å². The molecule has 0 radical (unpaired) electrons. The van der Waals surface area contributed by atoms with E-state index in [1.165, 1.54) is 12.1 Å². The Morgan fingerprint density at radius 3 is 2.59 bits per heavy atom. The van der Waals surface area contributed by atoms with Gasteiger partial charge in [0.05, 0.1) is 5.69 Å². The first-order valence-corrected chi connectivity index (χ1v) is 8.55. The number of unbranched alkanes of at least 4 members (excludes halogenated alkanes) is 1. The lowest BCUT2D eigenvalue weighted by Gasteiger charge is -2.35. The predicted molar refractivity (Wildman–Crippen MR) is 88.7 cm³/mol. The highest BCUT2D eigenvalue weighted by Gasteiger charge is 2.23. The standard InChI is InChI=1S/C16H21F2N3S/c17-12-3-4-13-14(11-12)22-16(18)15(13)21-9-7-20(8-10-21)6-2-1-5-19/h3-4,11H,1-2,5-10,19H2. The van der Waals surface area contributed by atoms with Crippen molar-refractivity contribution in [1.29, 1.82) is 0 Å². The molecule has 0 aliphatic carbocycles. The fraction of sp³-hybridized carbons (Fsp3) is 0.500. The van der Waals surface area contributed by atoms with Crippen LogP contribution in [0.2, 0.25) is 0 Å². The molecule has 1 fully saturated rings. The third-order valence-corrected chi connectivity index (χ3v) is 5.13. The van der Waals surface area contributed by atoms with E-state index in [2.05, 4.69) is 9.80 Å². The van der Waals surface area contributed by atoms with Gasteiger partial charge in [0.25, 0.3) is 0 Å². The minimum absolute atomic E-state index is 0.211. The lowest BCUT2D eigenvalue weighted by atomic mass is 10.2. The molecule has 1 saturated heterocycles. The molecule has 0 saturated carbocycles. The highest BCUT2D eigenvalue weighted by atomic mass is 32.1. The molecule has 3 nitrogen and oxygen atoms in total. The van der Waals surface area contributed by atoms with Crippen molar-refractivity contribution >= 4 is 27.1 Å². The van der Waals surface area contributed by atoms with Gasteiger partial charge in [0.15, 0.2) is 0 Å². The third kappa shape index (κ3) is 3.24. The fourth-order valence-electron chi connectivity index (χ4n) is 3.00. The molecule has 0 unspecified atom stereocenters. The van der Waals surface area contributed by atoms with Crippen molar-refractivity contribution in [2.45, 2.75) is 12.8 Å². The maximum atomic E-state index is 14.3. The minimum Gasteiger partial charge on any atom is -0.365 e. The Balaban J connectivity index is 1.70. The number of hydrogen-bond donors (Lipinski definition) is 1. The number of piperazine rings is 1. The van der Waals surface area contributed by atoms with E-state index in [0.29, 0.717) is 10.4 Å². The maximum absolute atomic E-state index is 14.3. The number of benzene rings is 1. The zero-order chi connectivity index (χ0) is 15.5. The first kappa shape index (κ1) is 15.6. The second kappa shape index (κ2) is 6.89. The van der Waals surface area contributed by atoms with Gasteiger partial charge in [-0.2, -0.15) is 4.39 Å². The number of fused-ring (bicyclic) bond motifs is 1. The second-order valence-electron chi connectivity index (χ2n) is 5.69. The molecule has 0 spiro atoms. The van der Waals surface area contributed by atoms with Gasteiger partial charge in [-0.25, -0.2) is 4.39 Å². The van der Waals surface area contributed by atoms with Crippen molar-refractivity contribution in [3.8, 4) is 0 Å². The molecule has 1 aliphatic heterocycles. The Kier molecular flexibility index (Phi) is 4.90. The van der Waals surface area contributed by atoms with Gasteiger partial charge in [0.2, 0.25) is 5.13 Å². The van der Waals surface area contributed by atoms with Crippen LogP contribution in [-0.2, 0) is 0 Å². The Morgan fingerprint density at radius 2 is 1.86 bits per heavy atom. The quantitative estimate of drug-likeness (QED) is 0.858.